The van der Waals surface area contributed by atoms with E-state index in [1.165, 1.54) is 6.20 Å². The molecule has 0 radical (unpaired) electrons. The molecule has 3 nitrogen and oxygen atoms in total. The second-order valence-corrected chi connectivity index (χ2v) is 4.02. The second-order valence-electron chi connectivity index (χ2n) is 2.70. The summed E-state index contributed by atoms with van der Waals surface area (Å²) in [6.45, 7) is 0. The summed E-state index contributed by atoms with van der Waals surface area (Å²) < 4.78 is 19.8. The van der Waals surface area contributed by atoms with Gasteiger partial charge in [0.15, 0.2) is 11.1 Å². The van der Waals surface area contributed by atoms with Crippen molar-refractivity contribution in [2.24, 2.45) is 0 Å². The molecule has 5 heteroatoms. The van der Waals surface area contributed by atoms with Crippen LogP contribution in [-0.2, 0) is 11.1 Å². The maximum Gasteiger partial charge on any atom is 0.189 e. The molecule has 1 aromatic heterocycles. The predicted octanol–water partition coefficient (Wildman–Crippen LogP) is 2.47. The number of benzene rings is 1. The Hall–Kier alpha value is -0.970. The number of aromatic nitrogens is 1. The third kappa shape index (κ3) is 1.52. The third-order valence-corrected chi connectivity index (χ3v) is 3.07. The van der Waals surface area contributed by atoms with Crippen LogP contribution in [-0.4, -0.2) is 13.7 Å². The Morgan fingerprint density at radius 2 is 2.07 bits per heavy atom. The van der Waals surface area contributed by atoms with Gasteiger partial charge in [-0.25, -0.2) is 4.21 Å². The highest BCUT2D eigenvalue weighted by Crippen LogP contribution is 2.26. The fourth-order valence-corrected chi connectivity index (χ4v) is 2.02. The van der Waals surface area contributed by atoms with Gasteiger partial charge in [-0.05, 0) is 6.07 Å². The zero-order valence-electron chi connectivity index (χ0n) is 6.98. The van der Waals surface area contributed by atoms with Crippen LogP contribution in [0.3, 0.4) is 0 Å². The van der Waals surface area contributed by atoms with Crippen LogP contribution in [0.15, 0.2) is 35.4 Å². The normalized spacial score (nSPS) is 13.0. The molecule has 0 aliphatic carbocycles. The Morgan fingerprint density at radius 1 is 1.36 bits per heavy atom. The van der Waals surface area contributed by atoms with Crippen LogP contribution in [0.5, 0.6) is 0 Å². The highest BCUT2D eigenvalue weighted by Gasteiger charge is 2.10. The minimum atomic E-state index is -2.09. The average molecular weight is 228 g/mol. The summed E-state index contributed by atoms with van der Waals surface area (Å²) in [6, 6.07) is 7.20. The third-order valence-electron chi connectivity index (χ3n) is 1.87. The fourth-order valence-electron chi connectivity index (χ4n) is 1.21. The smallest absolute Gasteiger partial charge is 0.189 e. The van der Waals surface area contributed by atoms with Crippen LogP contribution in [0.1, 0.15) is 0 Å². The minimum absolute atomic E-state index is 0.144. The van der Waals surface area contributed by atoms with Crippen molar-refractivity contribution >= 4 is 33.6 Å². The van der Waals surface area contributed by atoms with Gasteiger partial charge in [-0.1, -0.05) is 29.8 Å². The number of halogens is 1. The molecular formula is C9H6ClNO2S. The number of pyridine rings is 1. The van der Waals surface area contributed by atoms with Gasteiger partial charge >= 0.3 is 0 Å². The van der Waals surface area contributed by atoms with Crippen LogP contribution < -0.4 is 0 Å². The minimum Gasteiger partial charge on any atom is -0.302 e. The number of fused-ring (bicyclic) bond motifs is 1. The van der Waals surface area contributed by atoms with Crippen LogP contribution >= 0.6 is 11.6 Å². The van der Waals surface area contributed by atoms with Crippen molar-refractivity contribution < 1.29 is 8.76 Å². The van der Waals surface area contributed by atoms with Gasteiger partial charge < -0.3 is 4.55 Å². The Bertz CT molecular complexity index is 515. The molecule has 0 saturated heterocycles. The topological polar surface area (TPSA) is 50.2 Å². The summed E-state index contributed by atoms with van der Waals surface area (Å²) in [6.07, 6.45) is 1.32. The largest absolute Gasteiger partial charge is 0.302 e. The molecule has 0 aliphatic rings. The van der Waals surface area contributed by atoms with Gasteiger partial charge in [0.1, 0.15) is 4.90 Å². The van der Waals surface area contributed by atoms with Gasteiger partial charge in [-0.15, -0.1) is 0 Å². The number of rotatable bonds is 1. The second kappa shape index (κ2) is 3.65. The average Bonchev–Trinajstić information content (AvgIpc) is 2.18. The van der Waals surface area contributed by atoms with Gasteiger partial charge in [0.2, 0.25) is 0 Å². The Kier molecular flexibility index (Phi) is 2.50. The van der Waals surface area contributed by atoms with E-state index in [4.69, 9.17) is 16.2 Å². The molecule has 0 saturated carbocycles. The summed E-state index contributed by atoms with van der Waals surface area (Å²) >= 11 is 3.85. The SMILES string of the molecule is O=S(O)c1cnc2ccccc2c1Cl. The number of nitrogens with zero attached hydrogens (tertiary/aromatic N) is 1. The molecular weight excluding hydrogens is 222 g/mol. The monoisotopic (exact) mass is 227 g/mol. The number of hydrogen-bond donors (Lipinski definition) is 1. The van der Waals surface area contributed by atoms with Gasteiger partial charge in [0.25, 0.3) is 0 Å². The van der Waals surface area contributed by atoms with Gasteiger partial charge in [-0.3, -0.25) is 4.98 Å². The first kappa shape index (κ1) is 9.58. The molecule has 14 heavy (non-hydrogen) atoms. The number of para-hydroxylation sites is 1. The summed E-state index contributed by atoms with van der Waals surface area (Å²) in [5.74, 6) is 0. The lowest BCUT2D eigenvalue weighted by Crippen LogP contribution is -1.92. The van der Waals surface area contributed by atoms with Crippen molar-refractivity contribution in [3.05, 3.63) is 35.5 Å². The molecule has 2 aromatic rings. The van der Waals surface area contributed by atoms with Gasteiger partial charge in [-0.2, -0.15) is 0 Å². The quantitative estimate of drug-likeness (QED) is 0.762. The van der Waals surface area contributed by atoms with E-state index in [1.54, 1.807) is 18.2 Å². The van der Waals surface area contributed by atoms with Gasteiger partial charge in [0.05, 0.1) is 10.5 Å². The molecule has 0 bridgehead atoms. The standard InChI is InChI=1S/C9H6ClNO2S/c10-9-6-3-1-2-4-7(6)11-5-8(9)14(12)13/h1-5H,(H,12,13). The molecule has 0 fully saturated rings. The molecule has 0 amide bonds. The molecule has 1 atom stereocenters. The zero-order valence-corrected chi connectivity index (χ0v) is 8.55. The predicted molar refractivity (Wildman–Crippen MR) is 55.8 cm³/mol. The fraction of sp³-hybridized carbons (Fsp3) is 0. The van der Waals surface area contributed by atoms with Crippen molar-refractivity contribution in [1.82, 2.24) is 4.98 Å². The van der Waals surface area contributed by atoms with E-state index in [2.05, 4.69) is 4.98 Å². The summed E-state index contributed by atoms with van der Waals surface area (Å²) in [5, 5.41) is 0.977. The molecule has 1 unspecified atom stereocenters. The first-order valence-corrected chi connectivity index (χ1v) is 5.32. The van der Waals surface area contributed by atoms with E-state index in [0.717, 1.165) is 0 Å². The van der Waals surface area contributed by atoms with Crippen LogP contribution in [0.2, 0.25) is 5.02 Å². The molecule has 0 aliphatic heterocycles. The maximum atomic E-state index is 10.9. The summed E-state index contributed by atoms with van der Waals surface area (Å²) in [4.78, 5) is 4.17. The Balaban J connectivity index is 2.81. The van der Waals surface area contributed by atoms with E-state index in [-0.39, 0.29) is 9.92 Å². The molecule has 1 N–H and O–H groups in total. The highest BCUT2D eigenvalue weighted by atomic mass is 35.5. The molecule has 0 spiro atoms. The van der Waals surface area contributed by atoms with Crippen molar-refractivity contribution in [2.45, 2.75) is 4.90 Å². The van der Waals surface area contributed by atoms with Crippen LogP contribution in [0.25, 0.3) is 10.9 Å². The Labute approximate surface area is 88.0 Å². The first-order chi connectivity index (χ1) is 6.70. The molecule has 1 heterocycles. The van der Waals surface area contributed by atoms with E-state index in [1.807, 2.05) is 6.07 Å². The Morgan fingerprint density at radius 3 is 2.79 bits per heavy atom. The van der Waals surface area contributed by atoms with Crippen molar-refractivity contribution in [1.29, 1.82) is 0 Å². The lowest BCUT2D eigenvalue weighted by atomic mass is 10.2. The van der Waals surface area contributed by atoms with E-state index < -0.39 is 11.1 Å². The van der Waals surface area contributed by atoms with Crippen molar-refractivity contribution in [2.75, 3.05) is 0 Å². The van der Waals surface area contributed by atoms with E-state index in [9.17, 15) is 4.21 Å². The lowest BCUT2D eigenvalue weighted by molar-refractivity contribution is 0.564. The summed E-state index contributed by atoms with van der Waals surface area (Å²) in [7, 11) is 0. The van der Waals surface area contributed by atoms with E-state index >= 15 is 0 Å². The van der Waals surface area contributed by atoms with Crippen LogP contribution in [0.4, 0.5) is 0 Å². The van der Waals surface area contributed by atoms with Crippen LogP contribution in [0, 0.1) is 0 Å². The van der Waals surface area contributed by atoms with Gasteiger partial charge in [0, 0.05) is 11.6 Å². The van der Waals surface area contributed by atoms with Crippen molar-refractivity contribution in [3.63, 3.8) is 0 Å². The molecule has 1 aromatic carbocycles. The van der Waals surface area contributed by atoms with Crippen molar-refractivity contribution in [3.8, 4) is 0 Å². The number of hydrogen-bond acceptors (Lipinski definition) is 2. The first-order valence-electron chi connectivity index (χ1n) is 3.84. The lowest BCUT2D eigenvalue weighted by Gasteiger charge is -2.02. The zero-order chi connectivity index (χ0) is 10.1. The van der Waals surface area contributed by atoms with E-state index in [0.29, 0.717) is 10.9 Å². The molecule has 72 valence electrons. The summed E-state index contributed by atoms with van der Waals surface area (Å²) in [5.41, 5.74) is 0.715. The molecule has 2 rings (SSSR count). The maximum absolute atomic E-state index is 10.9. The highest BCUT2D eigenvalue weighted by molar-refractivity contribution is 7.79.